The number of pyridine rings is 1. The zero-order chi connectivity index (χ0) is 18.4. The van der Waals surface area contributed by atoms with Gasteiger partial charge in [0.15, 0.2) is 0 Å². The normalized spacial score (nSPS) is 11.6. The summed E-state index contributed by atoms with van der Waals surface area (Å²) in [7, 11) is -3.28. The van der Waals surface area contributed by atoms with Crippen molar-refractivity contribution in [1.82, 2.24) is 14.7 Å². The summed E-state index contributed by atoms with van der Waals surface area (Å²) in [6.45, 7) is 2.34. The number of benzene rings is 1. The van der Waals surface area contributed by atoms with Crippen LogP contribution in [0.15, 0.2) is 54.9 Å². The van der Waals surface area contributed by atoms with Crippen LogP contribution in [0.25, 0.3) is 10.6 Å². The molecule has 1 N–H and O–H groups in total. The summed E-state index contributed by atoms with van der Waals surface area (Å²) in [5.41, 5.74) is 2.95. The van der Waals surface area contributed by atoms with Crippen molar-refractivity contribution in [2.24, 2.45) is 0 Å². The number of hydrogen-bond donors (Lipinski definition) is 1. The van der Waals surface area contributed by atoms with Crippen LogP contribution >= 0.6 is 11.3 Å². The first kappa shape index (κ1) is 18.7. The SMILES string of the molecule is Cc1nc(-c2cccnc2)sc1CCNS(=O)(=O)CCc1ccccc1. The van der Waals surface area contributed by atoms with Crippen molar-refractivity contribution < 1.29 is 8.42 Å². The average molecular weight is 388 g/mol. The molecular weight excluding hydrogens is 366 g/mol. The number of aromatic nitrogens is 2. The maximum Gasteiger partial charge on any atom is 0.211 e. The molecule has 0 radical (unpaired) electrons. The number of nitrogens with zero attached hydrogens (tertiary/aromatic N) is 2. The van der Waals surface area contributed by atoms with Gasteiger partial charge in [-0.3, -0.25) is 4.98 Å². The quantitative estimate of drug-likeness (QED) is 0.644. The first-order chi connectivity index (χ1) is 12.5. The molecule has 0 atom stereocenters. The Labute approximate surface area is 158 Å². The number of hydrogen-bond acceptors (Lipinski definition) is 5. The lowest BCUT2D eigenvalue weighted by Gasteiger charge is -2.06. The van der Waals surface area contributed by atoms with E-state index in [-0.39, 0.29) is 5.75 Å². The fraction of sp³-hybridized carbons (Fsp3) is 0.263. The zero-order valence-corrected chi connectivity index (χ0v) is 16.2. The Kier molecular flexibility index (Phi) is 6.13. The van der Waals surface area contributed by atoms with E-state index in [2.05, 4.69) is 14.7 Å². The maximum absolute atomic E-state index is 12.2. The predicted molar refractivity (Wildman–Crippen MR) is 106 cm³/mol. The number of rotatable bonds is 8. The molecule has 0 bridgehead atoms. The largest absolute Gasteiger partial charge is 0.264 e. The summed E-state index contributed by atoms with van der Waals surface area (Å²) in [4.78, 5) is 9.78. The molecule has 3 aromatic rings. The highest BCUT2D eigenvalue weighted by Gasteiger charge is 2.13. The van der Waals surface area contributed by atoms with Crippen molar-refractivity contribution in [3.8, 4) is 10.6 Å². The second-order valence-electron chi connectivity index (χ2n) is 5.97. The smallest absolute Gasteiger partial charge is 0.211 e. The van der Waals surface area contributed by atoms with Crippen LogP contribution < -0.4 is 4.72 Å². The first-order valence-electron chi connectivity index (χ1n) is 8.41. The van der Waals surface area contributed by atoms with Gasteiger partial charge in [0.2, 0.25) is 10.0 Å². The van der Waals surface area contributed by atoms with E-state index >= 15 is 0 Å². The van der Waals surface area contributed by atoms with E-state index in [1.807, 2.05) is 49.4 Å². The Hall–Kier alpha value is -2.09. The van der Waals surface area contributed by atoms with Gasteiger partial charge >= 0.3 is 0 Å². The van der Waals surface area contributed by atoms with Crippen LogP contribution in [-0.4, -0.2) is 30.7 Å². The highest BCUT2D eigenvalue weighted by Crippen LogP contribution is 2.27. The van der Waals surface area contributed by atoms with Crippen LogP contribution in [0, 0.1) is 6.92 Å². The van der Waals surface area contributed by atoms with Gasteiger partial charge in [-0.05, 0) is 37.5 Å². The molecule has 2 heterocycles. The predicted octanol–water partition coefficient (Wildman–Crippen LogP) is 3.22. The third kappa shape index (κ3) is 5.20. The van der Waals surface area contributed by atoms with Gasteiger partial charge in [0, 0.05) is 29.4 Å². The molecule has 0 aliphatic carbocycles. The summed E-state index contributed by atoms with van der Waals surface area (Å²) in [6, 6.07) is 13.5. The van der Waals surface area contributed by atoms with E-state index in [0.717, 1.165) is 26.7 Å². The topological polar surface area (TPSA) is 72.0 Å². The van der Waals surface area contributed by atoms with E-state index in [1.165, 1.54) is 0 Å². The third-order valence-corrected chi connectivity index (χ3v) is 6.63. The van der Waals surface area contributed by atoms with Crippen LogP contribution in [-0.2, 0) is 22.9 Å². The van der Waals surface area contributed by atoms with Crippen molar-refractivity contribution in [1.29, 1.82) is 0 Å². The number of nitrogens with one attached hydrogen (secondary N) is 1. The lowest BCUT2D eigenvalue weighted by molar-refractivity contribution is 0.581. The zero-order valence-electron chi connectivity index (χ0n) is 14.6. The standard InChI is InChI=1S/C19H21N3O2S2/c1-15-18(25-19(22-15)17-8-5-11-20-14-17)9-12-21-26(23,24)13-10-16-6-3-2-4-7-16/h2-8,11,14,21H,9-10,12-13H2,1H3. The Morgan fingerprint density at radius 1 is 1.08 bits per heavy atom. The Balaban J connectivity index is 1.53. The molecule has 0 fully saturated rings. The van der Waals surface area contributed by atoms with Crippen LogP contribution in [0.3, 0.4) is 0 Å². The molecule has 0 saturated carbocycles. The summed E-state index contributed by atoms with van der Waals surface area (Å²) in [5, 5.41) is 0.914. The first-order valence-corrected chi connectivity index (χ1v) is 10.9. The summed E-state index contributed by atoms with van der Waals surface area (Å²) >= 11 is 1.59. The van der Waals surface area contributed by atoms with Crippen molar-refractivity contribution in [3.63, 3.8) is 0 Å². The molecule has 3 rings (SSSR count). The van der Waals surface area contributed by atoms with Gasteiger partial charge in [0.1, 0.15) is 5.01 Å². The Morgan fingerprint density at radius 2 is 1.88 bits per heavy atom. The van der Waals surface area contributed by atoms with E-state index in [0.29, 0.717) is 19.4 Å². The van der Waals surface area contributed by atoms with Crippen molar-refractivity contribution in [2.45, 2.75) is 19.8 Å². The van der Waals surface area contributed by atoms with Crippen LogP contribution in [0.5, 0.6) is 0 Å². The fourth-order valence-electron chi connectivity index (χ4n) is 2.56. The van der Waals surface area contributed by atoms with Gasteiger partial charge in [0.05, 0.1) is 11.4 Å². The van der Waals surface area contributed by atoms with Gasteiger partial charge in [-0.1, -0.05) is 30.3 Å². The summed E-state index contributed by atoms with van der Waals surface area (Å²) < 4.78 is 27.0. The average Bonchev–Trinajstić information content (AvgIpc) is 3.02. The minimum absolute atomic E-state index is 0.0968. The molecule has 136 valence electrons. The second kappa shape index (κ2) is 8.53. The van der Waals surface area contributed by atoms with Crippen molar-refractivity contribution in [3.05, 3.63) is 71.0 Å². The minimum atomic E-state index is -3.28. The molecule has 26 heavy (non-hydrogen) atoms. The number of aryl methyl sites for hydroxylation is 2. The summed E-state index contributed by atoms with van der Waals surface area (Å²) in [6.07, 6.45) is 4.67. The van der Waals surface area contributed by atoms with Crippen LogP contribution in [0.4, 0.5) is 0 Å². The van der Waals surface area contributed by atoms with Gasteiger partial charge in [-0.2, -0.15) is 0 Å². The highest BCUT2D eigenvalue weighted by molar-refractivity contribution is 7.89. The maximum atomic E-state index is 12.2. The number of thiazole rings is 1. The van der Waals surface area contributed by atoms with E-state index in [4.69, 9.17) is 0 Å². The van der Waals surface area contributed by atoms with Crippen molar-refractivity contribution in [2.75, 3.05) is 12.3 Å². The van der Waals surface area contributed by atoms with E-state index in [9.17, 15) is 8.42 Å². The molecule has 5 nitrogen and oxygen atoms in total. The van der Waals surface area contributed by atoms with Crippen molar-refractivity contribution >= 4 is 21.4 Å². The molecule has 1 aromatic carbocycles. The molecule has 0 unspecified atom stereocenters. The Morgan fingerprint density at radius 3 is 2.62 bits per heavy atom. The molecular formula is C19H21N3O2S2. The van der Waals surface area contributed by atoms with Gasteiger partial charge < -0.3 is 0 Å². The van der Waals surface area contributed by atoms with Crippen LogP contribution in [0.1, 0.15) is 16.1 Å². The molecule has 0 saturated heterocycles. The Bertz CT molecular complexity index is 939. The second-order valence-corrected chi connectivity index (χ2v) is 8.98. The highest BCUT2D eigenvalue weighted by atomic mass is 32.2. The lowest BCUT2D eigenvalue weighted by atomic mass is 10.2. The lowest BCUT2D eigenvalue weighted by Crippen LogP contribution is -2.29. The molecule has 0 spiro atoms. The summed E-state index contributed by atoms with van der Waals surface area (Å²) in [5.74, 6) is 0.0968. The van der Waals surface area contributed by atoms with Crippen LogP contribution in [0.2, 0.25) is 0 Å². The van der Waals surface area contributed by atoms with E-state index in [1.54, 1.807) is 23.7 Å². The number of sulfonamides is 1. The van der Waals surface area contributed by atoms with E-state index < -0.39 is 10.0 Å². The molecule has 7 heteroatoms. The molecule has 0 amide bonds. The fourth-order valence-corrected chi connectivity index (χ4v) is 4.68. The third-order valence-electron chi connectivity index (χ3n) is 3.98. The molecule has 0 aliphatic heterocycles. The minimum Gasteiger partial charge on any atom is -0.264 e. The van der Waals surface area contributed by atoms with Gasteiger partial charge in [-0.15, -0.1) is 11.3 Å². The van der Waals surface area contributed by atoms with Gasteiger partial charge in [-0.25, -0.2) is 18.1 Å². The van der Waals surface area contributed by atoms with Gasteiger partial charge in [0.25, 0.3) is 0 Å². The molecule has 2 aromatic heterocycles. The molecule has 0 aliphatic rings. The monoisotopic (exact) mass is 387 g/mol.